The molecule has 1 N–H and O–H groups in total. The van der Waals surface area contributed by atoms with Gasteiger partial charge in [0.05, 0.1) is 18.6 Å². The maximum Gasteiger partial charge on any atom is 0.240 e. The molecule has 3 rings (SSSR count). The lowest BCUT2D eigenvalue weighted by atomic mass is 9.97. The van der Waals surface area contributed by atoms with E-state index in [0.29, 0.717) is 6.61 Å². The molecule has 144 valence electrons. The molecule has 1 aliphatic rings. The lowest BCUT2D eigenvalue weighted by Gasteiger charge is -2.27. The number of halogens is 1. The van der Waals surface area contributed by atoms with Gasteiger partial charge < -0.3 is 10.1 Å². The Kier molecular flexibility index (Phi) is 5.76. The van der Waals surface area contributed by atoms with E-state index in [0.717, 1.165) is 28.6 Å². The predicted molar refractivity (Wildman–Crippen MR) is 100 cm³/mol. The summed E-state index contributed by atoms with van der Waals surface area (Å²) in [5.41, 5.74) is 2.31. The maximum atomic E-state index is 13.4. The Labute approximate surface area is 158 Å². The number of hydrogen-bond donors (Lipinski definition) is 1. The molecule has 0 saturated heterocycles. The van der Waals surface area contributed by atoms with E-state index >= 15 is 0 Å². The van der Waals surface area contributed by atoms with Crippen molar-refractivity contribution in [2.75, 3.05) is 30.3 Å². The highest BCUT2D eigenvalue weighted by Gasteiger charge is 2.24. The fourth-order valence-corrected chi connectivity index (χ4v) is 3.92. The van der Waals surface area contributed by atoms with E-state index < -0.39 is 28.3 Å². The van der Waals surface area contributed by atoms with E-state index in [1.807, 2.05) is 24.3 Å². The number of anilines is 1. The first-order valence-electron chi connectivity index (χ1n) is 8.54. The average molecular weight is 392 g/mol. The van der Waals surface area contributed by atoms with Gasteiger partial charge in [-0.25, -0.2) is 12.8 Å². The summed E-state index contributed by atoms with van der Waals surface area (Å²) in [6.07, 6.45) is 1.52. The molecule has 0 aromatic heterocycles. The molecule has 27 heavy (non-hydrogen) atoms. The van der Waals surface area contributed by atoms with Gasteiger partial charge in [-0.2, -0.15) is 0 Å². The molecule has 1 atom stereocenters. The lowest BCUT2D eigenvalue weighted by molar-refractivity contribution is -0.120. The molecule has 8 heteroatoms. The zero-order valence-electron chi connectivity index (χ0n) is 14.9. The van der Waals surface area contributed by atoms with E-state index in [1.165, 1.54) is 23.8 Å². The van der Waals surface area contributed by atoms with Crippen molar-refractivity contribution >= 4 is 21.6 Å². The van der Waals surface area contributed by atoms with Gasteiger partial charge in [0.15, 0.2) is 0 Å². The Morgan fingerprint density at radius 3 is 2.78 bits per heavy atom. The van der Waals surface area contributed by atoms with Gasteiger partial charge in [0.1, 0.15) is 18.5 Å². The van der Waals surface area contributed by atoms with Crippen LogP contribution in [0, 0.1) is 5.82 Å². The number of carbonyl (C=O) groups is 1. The number of ether oxygens (including phenoxy) is 1. The molecule has 0 bridgehead atoms. The van der Waals surface area contributed by atoms with E-state index in [9.17, 15) is 17.6 Å². The highest BCUT2D eigenvalue weighted by atomic mass is 32.2. The molecule has 0 unspecified atom stereocenters. The van der Waals surface area contributed by atoms with Crippen molar-refractivity contribution in [1.29, 1.82) is 0 Å². The number of hydrogen-bond acceptors (Lipinski definition) is 4. The quantitative estimate of drug-likeness (QED) is 0.816. The van der Waals surface area contributed by atoms with E-state index in [2.05, 4.69) is 5.32 Å². The molecule has 2 aromatic rings. The molecule has 1 heterocycles. The van der Waals surface area contributed by atoms with Crippen molar-refractivity contribution in [1.82, 2.24) is 5.32 Å². The molecule has 6 nitrogen and oxygen atoms in total. The Morgan fingerprint density at radius 1 is 1.26 bits per heavy atom. The molecule has 1 aliphatic heterocycles. The zero-order chi connectivity index (χ0) is 19.4. The number of nitrogens with zero attached hydrogens (tertiary/aromatic N) is 1. The molecule has 1 amide bonds. The minimum atomic E-state index is -3.75. The molecule has 0 radical (unpaired) electrons. The third kappa shape index (κ3) is 4.84. The molecule has 0 spiro atoms. The van der Waals surface area contributed by atoms with Crippen LogP contribution >= 0.6 is 0 Å². The van der Waals surface area contributed by atoms with Crippen molar-refractivity contribution < 1.29 is 22.3 Å². The molecule has 0 fully saturated rings. The Morgan fingerprint density at radius 2 is 2.04 bits per heavy atom. The van der Waals surface area contributed by atoms with Crippen LogP contribution in [0.3, 0.4) is 0 Å². The minimum Gasteiger partial charge on any atom is -0.371 e. The van der Waals surface area contributed by atoms with Crippen molar-refractivity contribution in [3.8, 4) is 0 Å². The topological polar surface area (TPSA) is 75.7 Å². The van der Waals surface area contributed by atoms with Crippen LogP contribution in [0.4, 0.5) is 10.1 Å². The Hall–Kier alpha value is -2.45. The summed E-state index contributed by atoms with van der Waals surface area (Å²) in [7, 11) is -3.75. The second-order valence-electron chi connectivity index (χ2n) is 6.36. The summed E-state index contributed by atoms with van der Waals surface area (Å²) < 4.78 is 44.1. The Bertz CT molecular complexity index is 933. The molecule has 0 aliphatic carbocycles. The maximum absolute atomic E-state index is 13.4. The molecular weight excluding hydrogens is 371 g/mol. The highest BCUT2D eigenvalue weighted by molar-refractivity contribution is 7.92. The van der Waals surface area contributed by atoms with Crippen LogP contribution in [0.15, 0.2) is 48.5 Å². The van der Waals surface area contributed by atoms with Gasteiger partial charge in [0.2, 0.25) is 15.9 Å². The monoisotopic (exact) mass is 392 g/mol. The first-order chi connectivity index (χ1) is 12.8. The third-order valence-electron chi connectivity index (χ3n) is 4.36. The van der Waals surface area contributed by atoms with Crippen LogP contribution in [-0.4, -0.2) is 40.3 Å². The summed E-state index contributed by atoms with van der Waals surface area (Å²) in [4.78, 5) is 12.3. The summed E-state index contributed by atoms with van der Waals surface area (Å²) in [5.74, 6) is -1.06. The normalized spacial score (nSPS) is 16.4. The lowest BCUT2D eigenvalue weighted by Crippen LogP contribution is -2.42. The smallest absolute Gasteiger partial charge is 0.240 e. The highest BCUT2D eigenvalue weighted by Crippen LogP contribution is 2.26. The molecular formula is C19H21FN2O4S. The van der Waals surface area contributed by atoms with E-state index in [4.69, 9.17) is 4.74 Å². The number of carbonyl (C=O) groups excluding carboxylic acids is 1. The SMILES string of the molecule is CS(=O)(=O)N(CC(=O)NC[C@H]1OCCc2ccccc21)c1cccc(F)c1. The second-order valence-corrected chi connectivity index (χ2v) is 8.27. The minimum absolute atomic E-state index is 0.104. The largest absolute Gasteiger partial charge is 0.371 e. The number of rotatable bonds is 6. The van der Waals surface area contributed by atoms with E-state index in [-0.39, 0.29) is 18.3 Å². The standard InChI is InChI=1S/C19H21FN2O4S/c1-27(24,25)22(16-7-4-6-15(20)11-16)13-19(23)21-12-18-17-8-3-2-5-14(17)9-10-26-18/h2-8,11,18H,9-10,12-13H2,1H3,(H,21,23)/t18-/m1/s1. The number of nitrogens with one attached hydrogen (secondary N) is 1. The Balaban J connectivity index is 1.67. The van der Waals surface area contributed by atoms with Crippen molar-refractivity contribution in [3.05, 3.63) is 65.5 Å². The number of sulfonamides is 1. The molecule has 0 saturated carbocycles. The summed E-state index contributed by atoms with van der Waals surface area (Å²) in [5, 5.41) is 2.72. The van der Waals surface area contributed by atoms with Crippen molar-refractivity contribution in [3.63, 3.8) is 0 Å². The van der Waals surface area contributed by atoms with Gasteiger partial charge in [-0.3, -0.25) is 9.10 Å². The summed E-state index contributed by atoms with van der Waals surface area (Å²) in [6, 6.07) is 13.0. The zero-order valence-corrected chi connectivity index (χ0v) is 15.7. The van der Waals surface area contributed by atoms with Crippen LogP contribution in [-0.2, 0) is 26.0 Å². The van der Waals surface area contributed by atoms with Crippen molar-refractivity contribution in [2.45, 2.75) is 12.5 Å². The first kappa shape index (κ1) is 19.3. The van der Waals surface area contributed by atoms with Gasteiger partial charge in [-0.05, 0) is 35.7 Å². The van der Waals surface area contributed by atoms with Crippen LogP contribution in [0.25, 0.3) is 0 Å². The number of benzene rings is 2. The summed E-state index contributed by atoms with van der Waals surface area (Å²) in [6.45, 7) is 0.365. The fraction of sp³-hybridized carbons (Fsp3) is 0.316. The van der Waals surface area contributed by atoms with Crippen LogP contribution < -0.4 is 9.62 Å². The van der Waals surface area contributed by atoms with Crippen LogP contribution in [0.2, 0.25) is 0 Å². The van der Waals surface area contributed by atoms with Crippen LogP contribution in [0.1, 0.15) is 17.2 Å². The predicted octanol–water partition coefficient (Wildman–Crippen LogP) is 2.02. The third-order valence-corrected chi connectivity index (χ3v) is 5.50. The average Bonchev–Trinajstić information content (AvgIpc) is 2.63. The summed E-state index contributed by atoms with van der Waals surface area (Å²) >= 11 is 0. The van der Waals surface area contributed by atoms with Gasteiger partial charge in [-0.15, -0.1) is 0 Å². The second kappa shape index (κ2) is 8.06. The van der Waals surface area contributed by atoms with E-state index in [1.54, 1.807) is 0 Å². The molecule has 2 aromatic carbocycles. The van der Waals surface area contributed by atoms with Crippen molar-refractivity contribution in [2.24, 2.45) is 0 Å². The van der Waals surface area contributed by atoms with Gasteiger partial charge in [0, 0.05) is 6.54 Å². The van der Waals surface area contributed by atoms with Gasteiger partial charge in [-0.1, -0.05) is 30.3 Å². The number of fused-ring (bicyclic) bond motifs is 1. The van der Waals surface area contributed by atoms with Gasteiger partial charge >= 0.3 is 0 Å². The fourth-order valence-electron chi connectivity index (χ4n) is 3.07. The number of amides is 1. The first-order valence-corrected chi connectivity index (χ1v) is 10.4. The van der Waals surface area contributed by atoms with Crippen LogP contribution in [0.5, 0.6) is 0 Å². The van der Waals surface area contributed by atoms with Gasteiger partial charge in [0.25, 0.3) is 0 Å².